The van der Waals surface area contributed by atoms with Gasteiger partial charge in [-0.1, -0.05) is 34.1 Å². The minimum Gasteiger partial charge on any atom is -0.387 e. The van der Waals surface area contributed by atoms with Crippen LogP contribution in [0.4, 0.5) is 0 Å². The summed E-state index contributed by atoms with van der Waals surface area (Å²) in [5.74, 6) is 0. The molecule has 0 aromatic heterocycles. The van der Waals surface area contributed by atoms with Crippen LogP contribution in [0.15, 0.2) is 28.7 Å². The van der Waals surface area contributed by atoms with Crippen molar-refractivity contribution < 1.29 is 5.11 Å². The zero-order chi connectivity index (χ0) is 8.27. The summed E-state index contributed by atoms with van der Waals surface area (Å²) in [6, 6.07) is 7.51. The zero-order valence-electron chi connectivity index (χ0n) is 6.00. The summed E-state index contributed by atoms with van der Waals surface area (Å²) < 4.78 is 0.901. The molecule has 0 bridgehead atoms. The fraction of sp³-hybridized carbons (Fsp3) is 0.250. The summed E-state index contributed by atoms with van der Waals surface area (Å²) in [7, 11) is 0. The first-order valence-corrected chi connectivity index (χ1v) is 4.17. The van der Waals surface area contributed by atoms with Gasteiger partial charge in [0.1, 0.15) is 0 Å². The van der Waals surface area contributed by atoms with Gasteiger partial charge in [-0.2, -0.15) is 0 Å². The van der Waals surface area contributed by atoms with Gasteiger partial charge in [0.25, 0.3) is 0 Å². The second kappa shape index (κ2) is 3.85. The van der Waals surface area contributed by atoms with Crippen LogP contribution >= 0.6 is 15.9 Å². The second-order valence-electron chi connectivity index (χ2n) is 2.27. The van der Waals surface area contributed by atoms with E-state index in [0.717, 1.165) is 10.0 Å². The fourth-order valence-electron chi connectivity index (χ4n) is 0.872. The molecule has 60 valence electrons. The molecule has 0 spiro atoms. The van der Waals surface area contributed by atoms with Crippen LogP contribution in [-0.4, -0.2) is 11.7 Å². The maximum atomic E-state index is 9.36. The lowest BCUT2D eigenvalue weighted by atomic mass is 10.1. The third-order valence-corrected chi connectivity index (χ3v) is 2.21. The number of hydrogen-bond acceptors (Lipinski definition) is 2. The first-order valence-electron chi connectivity index (χ1n) is 3.38. The molecule has 3 heteroatoms. The van der Waals surface area contributed by atoms with Gasteiger partial charge in [-0.05, 0) is 11.6 Å². The van der Waals surface area contributed by atoms with Gasteiger partial charge >= 0.3 is 0 Å². The highest BCUT2D eigenvalue weighted by atomic mass is 79.9. The van der Waals surface area contributed by atoms with Gasteiger partial charge in [0, 0.05) is 11.0 Å². The molecule has 0 amide bonds. The molecule has 0 saturated heterocycles. The SMILES string of the molecule is NCC(O)c1ccccc1Br. The summed E-state index contributed by atoms with van der Waals surface area (Å²) in [5.41, 5.74) is 6.14. The van der Waals surface area contributed by atoms with E-state index in [9.17, 15) is 5.11 Å². The summed E-state index contributed by atoms with van der Waals surface area (Å²) >= 11 is 3.32. The maximum Gasteiger partial charge on any atom is 0.0923 e. The molecule has 1 unspecified atom stereocenters. The molecule has 1 aromatic rings. The molecule has 0 aliphatic carbocycles. The van der Waals surface area contributed by atoms with E-state index in [1.165, 1.54) is 0 Å². The Morgan fingerprint density at radius 2 is 2.09 bits per heavy atom. The average molecular weight is 216 g/mol. The van der Waals surface area contributed by atoms with E-state index >= 15 is 0 Å². The van der Waals surface area contributed by atoms with Crippen molar-refractivity contribution in [1.29, 1.82) is 0 Å². The molecule has 1 rings (SSSR count). The summed E-state index contributed by atoms with van der Waals surface area (Å²) in [4.78, 5) is 0. The number of benzene rings is 1. The quantitative estimate of drug-likeness (QED) is 0.785. The van der Waals surface area contributed by atoms with Crippen LogP contribution in [0.5, 0.6) is 0 Å². The van der Waals surface area contributed by atoms with Crippen LogP contribution in [-0.2, 0) is 0 Å². The maximum absolute atomic E-state index is 9.36. The first kappa shape index (κ1) is 8.71. The lowest BCUT2D eigenvalue weighted by Gasteiger charge is -2.08. The van der Waals surface area contributed by atoms with Crippen molar-refractivity contribution in [3.8, 4) is 0 Å². The van der Waals surface area contributed by atoms with Crippen molar-refractivity contribution in [2.75, 3.05) is 6.54 Å². The molecule has 0 heterocycles. The highest BCUT2D eigenvalue weighted by Crippen LogP contribution is 2.21. The summed E-state index contributed by atoms with van der Waals surface area (Å²) in [6.07, 6.45) is -0.564. The van der Waals surface area contributed by atoms with E-state index < -0.39 is 6.10 Å². The third-order valence-electron chi connectivity index (χ3n) is 1.49. The van der Waals surface area contributed by atoms with Crippen LogP contribution < -0.4 is 5.73 Å². The predicted molar refractivity (Wildman–Crippen MR) is 48.2 cm³/mol. The highest BCUT2D eigenvalue weighted by Gasteiger charge is 2.06. The Bertz CT molecular complexity index is 239. The molecule has 0 saturated carbocycles. The summed E-state index contributed by atoms with van der Waals surface area (Å²) in [5, 5.41) is 9.36. The standard InChI is InChI=1S/C8H10BrNO/c9-7-4-2-1-3-6(7)8(11)5-10/h1-4,8,11H,5,10H2. The number of rotatable bonds is 2. The third kappa shape index (κ3) is 2.02. The summed E-state index contributed by atoms with van der Waals surface area (Å²) in [6.45, 7) is 0.253. The average Bonchev–Trinajstić information content (AvgIpc) is 2.04. The van der Waals surface area contributed by atoms with Crippen molar-refractivity contribution in [3.05, 3.63) is 34.3 Å². The van der Waals surface area contributed by atoms with Gasteiger partial charge in [-0.25, -0.2) is 0 Å². The van der Waals surface area contributed by atoms with Crippen molar-refractivity contribution >= 4 is 15.9 Å². The van der Waals surface area contributed by atoms with Crippen LogP contribution in [0, 0.1) is 0 Å². The Labute approximate surface area is 74.2 Å². The Morgan fingerprint density at radius 3 is 2.64 bits per heavy atom. The Balaban J connectivity index is 2.93. The molecular formula is C8H10BrNO. The van der Waals surface area contributed by atoms with Gasteiger partial charge < -0.3 is 10.8 Å². The number of hydrogen-bond donors (Lipinski definition) is 2. The molecule has 2 nitrogen and oxygen atoms in total. The van der Waals surface area contributed by atoms with Gasteiger partial charge in [-0.15, -0.1) is 0 Å². The van der Waals surface area contributed by atoms with Gasteiger partial charge in [0.2, 0.25) is 0 Å². The lowest BCUT2D eigenvalue weighted by molar-refractivity contribution is 0.186. The Morgan fingerprint density at radius 1 is 1.45 bits per heavy atom. The van der Waals surface area contributed by atoms with Crippen LogP contribution in [0.2, 0.25) is 0 Å². The van der Waals surface area contributed by atoms with Crippen LogP contribution in [0.25, 0.3) is 0 Å². The number of aliphatic hydroxyl groups is 1. The van der Waals surface area contributed by atoms with Crippen molar-refractivity contribution in [3.63, 3.8) is 0 Å². The van der Waals surface area contributed by atoms with Gasteiger partial charge in [-0.3, -0.25) is 0 Å². The number of nitrogens with two attached hydrogens (primary N) is 1. The van der Waals surface area contributed by atoms with E-state index in [2.05, 4.69) is 15.9 Å². The molecule has 0 radical (unpaired) electrons. The van der Waals surface area contributed by atoms with Gasteiger partial charge in [0.15, 0.2) is 0 Å². The molecule has 0 aliphatic heterocycles. The largest absolute Gasteiger partial charge is 0.387 e. The van der Waals surface area contributed by atoms with E-state index in [4.69, 9.17) is 5.73 Å². The fourth-order valence-corrected chi connectivity index (χ4v) is 1.42. The van der Waals surface area contributed by atoms with E-state index in [1.54, 1.807) is 0 Å². The topological polar surface area (TPSA) is 46.2 Å². The number of aliphatic hydroxyl groups excluding tert-OH is 1. The normalized spacial score (nSPS) is 13.0. The monoisotopic (exact) mass is 215 g/mol. The van der Waals surface area contributed by atoms with E-state index in [-0.39, 0.29) is 6.54 Å². The molecule has 11 heavy (non-hydrogen) atoms. The van der Waals surface area contributed by atoms with Crippen molar-refractivity contribution in [2.45, 2.75) is 6.10 Å². The molecule has 1 atom stereocenters. The van der Waals surface area contributed by atoms with Crippen molar-refractivity contribution in [2.24, 2.45) is 5.73 Å². The predicted octanol–water partition coefficient (Wildman–Crippen LogP) is 1.44. The lowest BCUT2D eigenvalue weighted by Crippen LogP contribution is -2.11. The minimum absolute atomic E-state index is 0.253. The molecule has 0 aliphatic rings. The Kier molecular flexibility index (Phi) is 3.05. The molecule has 1 aromatic carbocycles. The zero-order valence-corrected chi connectivity index (χ0v) is 7.58. The van der Waals surface area contributed by atoms with E-state index in [0.29, 0.717) is 0 Å². The smallest absolute Gasteiger partial charge is 0.0923 e. The molecule has 3 N–H and O–H groups in total. The van der Waals surface area contributed by atoms with Crippen molar-refractivity contribution in [1.82, 2.24) is 0 Å². The van der Waals surface area contributed by atoms with Crippen LogP contribution in [0.3, 0.4) is 0 Å². The highest BCUT2D eigenvalue weighted by molar-refractivity contribution is 9.10. The first-order chi connectivity index (χ1) is 5.25. The minimum atomic E-state index is -0.564. The molecule has 0 fully saturated rings. The van der Waals surface area contributed by atoms with Gasteiger partial charge in [0.05, 0.1) is 6.10 Å². The van der Waals surface area contributed by atoms with E-state index in [1.807, 2.05) is 24.3 Å². The molecular weight excluding hydrogens is 206 g/mol. The Hall–Kier alpha value is -0.380. The van der Waals surface area contributed by atoms with Crippen LogP contribution in [0.1, 0.15) is 11.7 Å². The second-order valence-corrected chi connectivity index (χ2v) is 3.13. The number of halogens is 1.